The number of nitriles is 1. The summed E-state index contributed by atoms with van der Waals surface area (Å²) in [6.45, 7) is 6.45. The lowest BCUT2D eigenvalue weighted by Gasteiger charge is -2.21. The number of rotatable bonds is 11. The van der Waals surface area contributed by atoms with Gasteiger partial charge in [0.15, 0.2) is 0 Å². The molecule has 0 saturated heterocycles. The highest BCUT2D eigenvalue weighted by Crippen LogP contribution is 2.24. The third kappa shape index (κ3) is 7.94. The van der Waals surface area contributed by atoms with Crippen molar-refractivity contribution in [1.82, 2.24) is 5.32 Å². The van der Waals surface area contributed by atoms with E-state index in [-0.39, 0.29) is 30.9 Å². The van der Waals surface area contributed by atoms with Crippen molar-refractivity contribution in [2.45, 2.75) is 59.1 Å². The van der Waals surface area contributed by atoms with Crippen molar-refractivity contribution in [2.24, 2.45) is 0 Å². The van der Waals surface area contributed by atoms with Gasteiger partial charge in [0.2, 0.25) is 0 Å². The molecule has 0 aliphatic carbocycles. The molecule has 6 heteroatoms. The van der Waals surface area contributed by atoms with Gasteiger partial charge in [0.1, 0.15) is 12.4 Å². The predicted octanol–water partition coefficient (Wildman–Crippen LogP) is 6.13. The average molecular weight is 499 g/mol. The number of ether oxygens (including phenoxy) is 2. The topological polar surface area (TPSA) is 88.4 Å². The van der Waals surface area contributed by atoms with E-state index in [1.165, 1.54) is 7.11 Å². The molecule has 0 heterocycles. The van der Waals surface area contributed by atoms with Gasteiger partial charge < -0.3 is 14.8 Å². The van der Waals surface area contributed by atoms with Gasteiger partial charge in [0.25, 0.3) is 5.91 Å². The van der Waals surface area contributed by atoms with Crippen LogP contribution in [0.25, 0.3) is 0 Å². The first-order valence-electron chi connectivity index (χ1n) is 12.5. The van der Waals surface area contributed by atoms with Gasteiger partial charge in [-0.05, 0) is 67.6 Å². The van der Waals surface area contributed by atoms with E-state index in [2.05, 4.69) is 50.4 Å². The van der Waals surface area contributed by atoms with Gasteiger partial charge in [-0.3, -0.25) is 9.59 Å². The van der Waals surface area contributed by atoms with Gasteiger partial charge in [0.05, 0.1) is 24.8 Å². The summed E-state index contributed by atoms with van der Waals surface area (Å²) in [5.41, 5.74) is 6.01. The Hall–Kier alpha value is -4.11. The maximum atomic E-state index is 13.6. The summed E-state index contributed by atoms with van der Waals surface area (Å²) >= 11 is 0. The van der Waals surface area contributed by atoms with E-state index >= 15 is 0 Å². The molecule has 192 valence electrons. The zero-order valence-electron chi connectivity index (χ0n) is 22.0. The van der Waals surface area contributed by atoms with E-state index in [4.69, 9.17) is 14.7 Å². The van der Waals surface area contributed by atoms with Crippen molar-refractivity contribution in [1.29, 1.82) is 5.26 Å². The molecule has 0 fully saturated rings. The Morgan fingerprint density at radius 2 is 1.78 bits per heavy atom. The number of hydrogen-bond donors (Lipinski definition) is 1. The molecule has 0 aliphatic heterocycles. The molecule has 1 N–H and O–H groups in total. The van der Waals surface area contributed by atoms with E-state index in [0.29, 0.717) is 23.3 Å². The maximum absolute atomic E-state index is 13.6. The Balaban J connectivity index is 1.87. The van der Waals surface area contributed by atoms with Gasteiger partial charge in [-0.25, -0.2) is 0 Å². The van der Waals surface area contributed by atoms with Crippen molar-refractivity contribution in [3.05, 3.63) is 99.6 Å². The van der Waals surface area contributed by atoms with Crippen LogP contribution in [-0.4, -0.2) is 19.0 Å². The highest BCUT2D eigenvalue weighted by molar-refractivity contribution is 5.96. The minimum Gasteiger partial charge on any atom is -0.489 e. The summed E-state index contributed by atoms with van der Waals surface area (Å²) in [5.74, 6) is 0.0682. The molecule has 3 aromatic carbocycles. The lowest BCUT2D eigenvalue weighted by Crippen LogP contribution is -2.29. The molecule has 0 bridgehead atoms. The van der Waals surface area contributed by atoms with E-state index in [1.807, 2.05) is 18.2 Å². The molecule has 0 spiro atoms. The van der Waals surface area contributed by atoms with E-state index in [0.717, 1.165) is 40.7 Å². The van der Waals surface area contributed by atoms with Crippen molar-refractivity contribution >= 4 is 11.9 Å². The number of carbonyl (C=O) groups is 2. The third-order valence-corrected chi connectivity index (χ3v) is 6.14. The second-order valence-electron chi connectivity index (χ2n) is 9.23. The molecular weight excluding hydrogens is 464 g/mol. The molecule has 0 aliphatic rings. The molecule has 0 radical (unpaired) electrons. The summed E-state index contributed by atoms with van der Waals surface area (Å²) in [4.78, 5) is 25.4. The number of hydrogen-bond acceptors (Lipinski definition) is 5. The maximum Gasteiger partial charge on any atom is 0.305 e. The zero-order valence-corrected chi connectivity index (χ0v) is 22.0. The third-order valence-electron chi connectivity index (χ3n) is 6.14. The Kier molecular flexibility index (Phi) is 9.85. The van der Waals surface area contributed by atoms with Gasteiger partial charge in [-0.1, -0.05) is 60.9 Å². The number of methoxy groups -OCH3 is 1. The summed E-state index contributed by atoms with van der Waals surface area (Å²) < 4.78 is 10.7. The van der Waals surface area contributed by atoms with Crippen LogP contribution < -0.4 is 10.1 Å². The van der Waals surface area contributed by atoms with Crippen molar-refractivity contribution in [3.63, 3.8) is 0 Å². The summed E-state index contributed by atoms with van der Waals surface area (Å²) in [7, 11) is 1.36. The molecule has 0 aromatic heterocycles. The smallest absolute Gasteiger partial charge is 0.305 e. The van der Waals surface area contributed by atoms with Crippen LogP contribution in [0.15, 0.2) is 60.7 Å². The fourth-order valence-electron chi connectivity index (χ4n) is 4.36. The van der Waals surface area contributed by atoms with Gasteiger partial charge in [-0.2, -0.15) is 5.26 Å². The highest BCUT2D eigenvalue weighted by atomic mass is 16.5. The van der Waals surface area contributed by atoms with Crippen LogP contribution in [0.3, 0.4) is 0 Å². The number of nitrogens with one attached hydrogen (secondary N) is 1. The Morgan fingerprint density at radius 3 is 2.46 bits per heavy atom. The Morgan fingerprint density at radius 1 is 1.03 bits per heavy atom. The first kappa shape index (κ1) is 27.5. The predicted molar refractivity (Wildman–Crippen MR) is 143 cm³/mol. The normalized spacial score (nSPS) is 11.3. The first-order valence-corrected chi connectivity index (χ1v) is 12.5. The van der Waals surface area contributed by atoms with Crippen LogP contribution in [0.5, 0.6) is 5.75 Å². The lowest BCUT2D eigenvalue weighted by molar-refractivity contribution is -0.140. The fourth-order valence-corrected chi connectivity index (χ4v) is 4.36. The largest absolute Gasteiger partial charge is 0.489 e. The molecule has 0 saturated carbocycles. The van der Waals surface area contributed by atoms with Crippen molar-refractivity contribution < 1.29 is 19.1 Å². The molecule has 37 heavy (non-hydrogen) atoms. The molecule has 1 amide bonds. The Bertz CT molecular complexity index is 1270. The highest BCUT2D eigenvalue weighted by Gasteiger charge is 2.19. The van der Waals surface area contributed by atoms with Gasteiger partial charge >= 0.3 is 5.97 Å². The van der Waals surface area contributed by atoms with Crippen LogP contribution in [0.1, 0.15) is 76.0 Å². The number of carbonyl (C=O) groups excluding carboxylic acids is 2. The number of aryl methyl sites for hydroxylation is 3. The number of esters is 1. The van der Waals surface area contributed by atoms with Crippen molar-refractivity contribution in [2.75, 3.05) is 7.11 Å². The lowest BCUT2D eigenvalue weighted by atomic mass is 9.96. The number of amides is 1. The minimum atomic E-state index is -0.324. The first-order chi connectivity index (χ1) is 17.8. The van der Waals surface area contributed by atoms with E-state index in [9.17, 15) is 9.59 Å². The molecular formula is C31H34N2O4. The van der Waals surface area contributed by atoms with Gasteiger partial charge in [0, 0.05) is 12.0 Å². The summed E-state index contributed by atoms with van der Waals surface area (Å²) in [6, 6.07) is 20.9. The average Bonchev–Trinajstić information content (AvgIpc) is 2.89. The van der Waals surface area contributed by atoms with Crippen molar-refractivity contribution in [3.8, 4) is 11.8 Å². The standard InChI is InChI=1S/C31H34N2O4/c1-5-7-29(26-15-21(2)14-22(3)16-26)33-31(35)28-18-24(10-11-25(28)12-13-30(34)36-4)20-37-27-9-6-8-23(17-27)19-32/h6,8-11,14-18,29H,5,7,12-13,20H2,1-4H3,(H,33,35). The minimum absolute atomic E-state index is 0.127. The van der Waals surface area contributed by atoms with E-state index < -0.39 is 0 Å². The fraction of sp³-hybridized carbons (Fsp3) is 0.323. The molecule has 6 nitrogen and oxygen atoms in total. The van der Waals surface area contributed by atoms with Crippen LogP contribution in [0, 0.1) is 25.2 Å². The SMILES string of the molecule is CCCC(NC(=O)c1cc(COc2cccc(C#N)c2)ccc1CCC(=O)OC)c1cc(C)cc(C)c1. The second kappa shape index (κ2) is 13.3. The molecule has 3 aromatic rings. The van der Waals surface area contributed by atoms with Crippen LogP contribution in [0.2, 0.25) is 0 Å². The van der Waals surface area contributed by atoms with E-state index in [1.54, 1.807) is 24.3 Å². The second-order valence-corrected chi connectivity index (χ2v) is 9.23. The molecule has 1 unspecified atom stereocenters. The van der Waals surface area contributed by atoms with Crippen LogP contribution in [0.4, 0.5) is 0 Å². The summed E-state index contributed by atoms with van der Waals surface area (Å²) in [6.07, 6.45) is 2.30. The number of nitrogens with zero attached hydrogens (tertiary/aromatic N) is 1. The monoisotopic (exact) mass is 498 g/mol. The zero-order chi connectivity index (χ0) is 26.8. The van der Waals surface area contributed by atoms with Crippen LogP contribution in [-0.2, 0) is 22.6 Å². The van der Waals surface area contributed by atoms with Gasteiger partial charge in [-0.15, -0.1) is 0 Å². The molecule has 1 atom stereocenters. The Labute approximate surface area is 219 Å². The molecule has 3 rings (SSSR count). The quantitative estimate of drug-likeness (QED) is 0.321. The van der Waals surface area contributed by atoms with Crippen LogP contribution >= 0.6 is 0 Å². The summed E-state index contributed by atoms with van der Waals surface area (Å²) in [5, 5.41) is 12.4. The number of benzene rings is 3.